The largest absolute Gasteiger partial charge is 0.506 e. The van der Waals surface area contributed by atoms with Crippen LogP contribution in [0.15, 0.2) is 36.4 Å². The van der Waals surface area contributed by atoms with Gasteiger partial charge in [0.1, 0.15) is 5.75 Å². The van der Waals surface area contributed by atoms with Crippen LogP contribution in [0.25, 0.3) is 11.1 Å². The Kier molecular flexibility index (Phi) is 3.08. The van der Waals surface area contributed by atoms with Crippen LogP contribution in [-0.4, -0.2) is 5.11 Å². The number of hydrogen-bond acceptors (Lipinski definition) is 1. The molecule has 0 spiro atoms. The number of rotatable bonds is 1. The van der Waals surface area contributed by atoms with Crippen molar-refractivity contribution >= 4 is 23.2 Å². The predicted molar refractivity (Wildman–Crippen MR) is 68.3 cm³/mol. The molecule has 0 aromatic heterocycles. The minimum Gasteiger partial charge on any atom is -0.506 e. The standard InChI is InChI=1S/C13H10Cl2O/c1-8-4-10(6-11(14)5-8)9-2-3-12(15)13(16)7-9/h2-7,16H,1H3. The maximum Gasteiger partial charge on any atom is 0.134 e. The Bertz CT molecular complexity index is 515. The Balaban J connectivity index is 2.54. The molecule has 0 amide bonds. The highest BCUT2D eigenvalue weighted by Gasteiger charge is 2.04. The number of benzene rings is 2. The van der Waals surface area contributed by atoms with Crippen LogP contribution in [-0.2, 0) is 0 Å². The summed E-state index contributed by atoms with van der Waals surface area (Å²) < 4.78 is 0. The monoisotopic (exact) mass is 252 g/mol. The van der Waals surface area contributed by atoms with Crippen molar-refractivity contribution in [2.24, 2.45) is 0 Å². The van der Waals surface area contributed by atoms with E-state index in [9.17, 15) is 5.11 Å². The lowest BCUT2D eigenvalue weighted by atomic mass is 10.0. The second kappa shape index (κ2) is 4.36. The van der Waals surface area contributed by atoms with Gasteiger partial charge in [0, 0.05) is 5.02 Å². The molecule has 16 heavy (non-hydrogen) atoms. The van der Waals surface area contributed by atoms with E-state index in [2.05, 4.69) is 0 Å². The molecule has 0 bridgehead atoms. The molecule has 0 fully saturated rings. The number of aryl methyl sites for hydroxylation is 1. The van der Waals surface area contributed by atoms with Crippen LogP contribution in [0.4, 0.5) is 0 Å². The van der Waals surface area contributed by atoms with Crippen molar-refractivity contribution in [3.8, 4) is 16.9 Å². The molecular formula is C13H10Cl2O. The van der Waals surface area contributed by atoms with Crippen LogP contribution in [0.3, 0.4) is 0 Å². The molecule has 0 radical (unpaired) electrons. The molecule has 0 aliphatic carbocycles. The molecule has 0 unspecified atom stereocenters. The molecule has 0 heterocycles. The molecular weight excluding hydrogens is 243 g/mol. The first-order valence-corrected chi connectivity index (χ1v) is 5.58. The average Bonchev–Trinajstić information content (AvgIpc) is 2.20. The number of phenols is 1. The van der Waals surface area contributed by atoms with Gasteiger partial charge in [0.15, 0.2) is 0 Å². The van der Waals surface area contributed by atoms with Crippen LogP contribution >= 0.6 is 23.2 Å². The minimum absolute atomic E-state index is 0.0804. The summed E-state index contributed by atoms with van der Waals surface area (Å²) in [7, 11) is 0. The molecule has 0 atom stereocenters. The summed E-state index contributed by atoms with van der Waals surface area (Å²) in [6, 6.07) is 10.9. The fourth-order valence-corrected chi connectivity index (χ4v) is 2.00. The predicted octanol–water partition coefficient (Wildman–Crippen LogP) is 4.67. The highest BCUT2D eigenvalue weighted by atomic mass is 35.5. The first-order chi connectivity index (χ1) is 7.56. The molecule has 0 aliphatic rings. The third-order valence-corrected chi connectivity index (χ3v) is 2.86. The zero-order chi connectivity index (χ0) is 11.7. The van der Waals surface area contributed by atoms with Crippen molar-refractivity contribution < 1.29 is 5.11 Å². The Morgan fingerprint density at radius 1 is 0.938 bits per heavy atom. The molecule has 0 saturated carbocycles. The molecule has 0 aliphatic heterocycles. The minimum atomic E-state index is 0.0804. The molecule has 2 aromatic rings. The fraction of sp³-hybridized carbons (Fsp3) is 0.0769. The van der Waals surface area contributed by atoms with Crippen LogP contribution in [0, 0.1) is 6.92 Å². The molecule has 2 rings (SSSR count). The van der Waals surface area contributed by atoms with Crippen molar-refractivity contribution in [3.05, 3.63) is 52.0 Å². The summed E-state index contributed by atoms with van der Waals surface area (Å²) in [6.45, 7) is 1.98. The van der Waals surface area contributed by atoms with E-state index in [1.54, 1.807) is 12.1 Å². The second-order valence-electron chi connectivity index (χ2n) is 3.68. The number of phenolic OH excluding ortho intramolecular Hbond substituents is 1. The van der Waals surface area contributed by atoms with Gasteiger partial charge in [0.25, 0.3) is 0 Å². The van der Waals surface area contributed by atoms with E-state index < -0.39 is 0 Å². The van der Waals surface area contributed by atoms with Gasteiger partial charge in [-0.2, -0.15) is 0 Å². The number of hydrogen-bond donors (Lipinski definition) is 1. The summed E-state index contributed by atoms with van der Waals surface area (Å²) in [5.74, 6) is 0.0804. The zero-order valence-corrected chi connectivity index (χ0v) is 10.2. The summed E-state index contributed by atoms with van der Waals surface area (Å²) in [6.07, 6.45) is 0. The average molecular weight is 253 g/mol. The summed E-state index contributed by atoms with van der Waals surface area (Å²) in [5, 5.41) is 10.6. The third kappa shape index (κ3) is 2.31. The summed E-state index contributed by atoms with van der Waals surface area (Å²) in [5.41, 5.74) is 2.95. The Morgan fingerprint density at radius 2 is 1.69 bits per heavy atom. The first kappa shape index (κ1) is 11.3. The molecule has 1 nitrogen and oxygen atoms in total. The maximum atomic E-state index is 9.54. The third-order valence-electron chi connectivity index (χ3n) is 2.32. The van der Waals surface area contributed by atoms with E-state index in [1.807, 2.05) is 31.2 Å². The van der Waals surface area contributed by atoms with Crippen LogP contribution < -0.4 is 0 Å². The smallest absolute Gasteiger partial charge is 0.134 e. The lowest BCUT2D eigenvalue weighted by Gasteiger charge is -2.05. The van der Waals surface area contributed by atoms with E-state index >= 15 is 0 Å². The highest BCUT2D eigenvalue weighted by Crippen LogP contribution is 2.31. The van der Waals surface area contributed by atoms with E-state index in [-0.39, 0.29) is 5.75 Å². The second-order valence-corrected chi connectivity index (χ2v) is 4.53. The van der Waals surface area contributed by atoms with Crippen molar-refractivity contribution in [1.82, 2.24) is 0 Å². The zero-order valence-electron chi connectivity index (χ0n) is 8.67. The van der Waals surface area contributed by atoms with E-state index in [0.29, 0.717) is 10.0 Å². The van der Waals surface area contributed by atoms with Gasteiger partial charge < -0.3 is 5.11 Å². The van der Waals surface area contributed by atoms with E-state index in [4.69, 9.17) is 23.2 Å². The topological polar surface area (TPSA) is 20.2 Å². The Morgan fingerprint density at radius 3 is 2.31 bits per heavy atom. The normalized spacial score (nSPS) is 10.4. The van der Waals surface area contributed by atoms with E-state index in [1.165, 1.54) is 0 Å². The van der Waals surface area contributed by atoms with Gasteiger partial charge in [-0.05, 0) is 47.9 Å². The van der Waals surface area contributed by atoms with Gasteiger partial charge in [0.2, 0.25) is 0 Å². The maximum absolute atomic E-state index is 9.54. The van der Waals surface area contributed by atoms with Gasteiger partial charge in [-0.3, -0.25) is 0 Å². The van der Waals surface area contributed by atoms with Gasteiger partial charge >= 0.3 is 0 Å². The van der Waals surface area contributed by atoms with Crippen LogP contribution in [0.5, 0.6) is 5.75 Å². The van der Waals surface area contributed by atoms with Crippen LogP contribution in [0.2, 0.25) is 10.0 Å². The van der Waals surface area contributed by atoms with Gasteiger partial charge in [-0.1, -0.05) is 35.3 Å². The molecule has 3 heteroatoms. The number of aromatic hydroxyl groups is 1. The molecule has 2 aromatic carbocycles. The number of halogens is 2. The van der Waals surface area contributed by atoms with E-state index in [0.717, 1.165) is 16.7 Å². The first-order valence-electron chi connectivity index (χ1n) is 4.82. The van der Waals surface area contributed by atoms with Crippen LogP contribution in [0.1, 0.15) is 5.56 Å². The Hall–Kier alpha value is -1.18. The summed E-state index contributed by atoms with van der Waals surface area (Å²) in [4.78, 5) is 0. The SMILES string of the molecule is Cc1cc(Cl)cc(-c2ccc(Cl)c(O)c2)c1. The quantitative estimate of drug-likeness (QED) is 0.782. The van der Waals surface area contributed by atoms with Gasteiger partial charge in [0.05, 0.1) is 5.02 Å². The lowest BCUT2D eigenvalue weighted by Crippen LogP contribution is -1.81. The lowest BCUT2D eigenvalue weighted by molar-refractivity contribution is 0.476. The fourth-order valence-electron chi connectivity index (χ4n) is 1.60. The summed E-state index contributed by atoms with van der Waals surface area (Å²) >= 11 is 11.7. The highest BCUT2D eigenvalue weighted by molar-refractivity contribution is 6.32. The molecule has 82 valence electrons. The molecule has 1 N–H and O–H groups in total. The van der Waals surface area contributed by atoms with Gasteiger partial charge in [-0.15, -0.1) is 0 Å². The molecule has 0 saturated heterocycles. The Labute approximate surface area is 104 Å². The van der Waals surface area contributed by atoms with Crippen molar-refractivity contribution in [2.45, 2.75) is 6.92 Å². The van der Waals surface area contributed by atoms with Gasteiger partial charge in [-0.25, -0.2) is 0 Å². The van der Waals surface area contributed by atoms with Crippen molar-refractivity contribution in [2.75, 3.05) is 0 Å². The van der Waals surface area contributed by atoms with Crippen molar-refractivity contribution in [1.29, 1.82) is 0 Å². The van der Waals surface area contributed by atoms with Crippen molar-refractivity contribution in [3.63, 3.8) is 0 Å².